The molecule has 16 nitrogen and oxygen atoms in total. The summed E-state index contributed by atoms with van der Waals surface area (Å²) in [7, 11) is 3.80. The van der Waals surface area contributed by atoms with Crippen molar-refractivity contribution >= 4 is 38.8 Å². The number of ether oxygens (including phenoxy) is 3. The summed E-state index contributed by atoms with van der Waals surface area (Å²) >= 11 is 0. The van der Waals surface area contributed by atoms with Gasteiger partial charge in [0, 0.05) is 25.2 Å². The second-order valence-corrected chi connectivity index (χ2v) is 14.5. The van der Waals surface area contributed by atoms with Crippen LogP contribution in [-0.2, 0) is 42.7 Å². The molecule has 1 saturated carbocycles. The summed E-state index contributed by atoms with van der Waals surface area (Å²) in [6.45, 7) is -1.76. The molecule has 262 valence electrons. The molecule has 0 aliphatic heterocycles. The van der Waals surface area contributed by atoms with Crippen LogP contribution in [0.3, 0.4) is 0 Å². The molecule has 0 unspecified atom stereocenters. The van der Waals surface area contributed by atoms with Gasteiger partial charge in [0.2, 0.25) is 15.9 Å². The second kappa shape index (κ2) is 15.6. The van der Waals surface area contributed by atoms with Crippen molar-refractivity contribution in [2.45, 2.75) is 24.1 Å². The fourth-order valence-electron chi connectivity index (χ4n) is 4.81. The Bertz CT molecular complexity index is 1890. The molecule has 0 saturated heterocycles. The van der Waals surface area contributed by atoms with E-state index < -0.39 is 51.6 Å². The summed E-state index contributed by atoms with van der Waals surface area (Å²) < 4.78 is 44.8. The normalized spacial score (nSPS) is 13.7. The van der Waals surface area contributed by atoms with E-state index in [2.05, 4.69) is 10.3 Å². The van der Waals surface area contributed by atoms with Gasteiger partial charge in [-0.3, -0.25) is 29.0 Å². The van der Waals surface area contributed by atoms with Gasteiger partial charge in [0.25, 0.3) is 11.5 Å². The smallest absolute Gasteiger partial charge is 0.321 e. The van der Waals surface area contributed by atoms with Crippen LogP contribution in [0.5, 0.6) is 5.88 Å². The zero-order chi connectivity index (χ0) is 35.9. The van der Waals surface area contributed by atoms with Crippen LogP contribution >= 0.6 is 0 Å². The first-order valence-electron chi connectivity index (χ1n) is 15.2. The molecule has 1 amide bonds. The standard InChI is InChI=1S/C32H39N7O9S/c1-36(2)17-26(40)47-20-39(21-48-27(41)18-37(3)4)49(44,45)32(11-12-32)19-46-30-28-24(10-13-34-30)14-25(31(43)38(28)5)29(42)35-16-23-8-6-22(15-33)7-9-23/h6-10,13-14H,11-12,16-21H2,1-5H3,(H,35,42). The molecule has 1 N–H and O–H groups in total. The average Bonchev–Trinajstić information content (AvgIpc) is 3.85. The van der Waals surface area contributed by atoms with E-state index in [0.29, 0.717) is 10.9 Å². The first kappa shape index (κ1) is 36.9. The molecule has 17 heteroatoms. The zero-order valence-electron chi connectivity index (χ0n) is 28.0. The number of nitriles is 1. The molecule has 1 aromatic carbocycles. The van der Waals surface area contributed by atoms with Crippen LogP contribution in [0, 0.1) is 11.3 Å². The second-order valence-electron chi connectivity index (χ2n) is 12.2. The molecule has 0 bridgehead atoms. The van der Waals surface area contributed by atoms with Crippen LogP contribution in [0.4, 0.5) is 0 Å². The number of carbonyl (C=O) groups is 3. The van der Waals surface area contributed by atoms with Crippen molar-refractivity contribution in [2.75, 3.05) is 61.3 Å². The maximum atomic E-state index is 13.9. The fraction of sp³-hybridized carbons (Fsp3) is 0.438. The fourth-order valence-corrected chi connectivity index (χ4v) is 6.56. The number of sulfonamides is 1. The molecular weight excluding hydrogens is 658 g/mol. The number of aryl methyl sites for hydroxylation is 1. The summed E-state index contributed by atoms with van der Waals surface area (Å²) in [5.41, 5.74) is 0.726. The van der Waals surface area contributed by atoms with Crippen LogP contribution in [0.2, 0.25) is 0 Å². The average molecular weight is 698 g/mol. The molecule has 1 fully saturated rings. The van der Waals surface area contributed by atoms with Crippen LogP contribution in [0.25, 0.3) is 10.9 Å². The van der Waals surface area contributed by atoms with Crippen molar-refractivity contribution in [3.63, 3.8) is 0 Å². The summed E-state index contributed by atoms with van der Waals surface area (Å²) in [4.78, 5) is 58.1. The number of nitrogens with zero attached hydrogens (tertiary/aromatic N) is 6. The van der Waals surface area contributed by atoms with Gasteiger partial charge in [-0.2, -0.15) is 5.26 Å². The van der Waals surface area contributed by atoms with Crippen molar-refractivity contribution in [1.29, 1.82) is 5.26 Å². The number of fused-ring (bicyclic) bond motifs is 1. The molecule has 1 aliphatic carbocycles. The number of nitrogens with one attached hydrogen (secondary N) is 1. The third-order valence-electron chi connectivity index (χ3n) is 7.67. The van der Waals surface area contributed by atoms with Gasteiger partial charge < -0.3 is 24.1 Å². The van der Waals surface area contributed by atoms with Gasteiger partial charge in [0.05, 0.1) is 24.7 Å². The molecule has 2 heterocycles. The van der Waals surface area contributed by atoms with E-state index in [1.54, 1.807) is 68.3 Å². The van der Waals surface area contributed by atoms with E-state index in [4.69, 9.17) is 19.5 Å². The van der Waals surface area contributed by atoms with Crippen molar-refractivity contribution in [2.24, 2.45) is 7.05 Å². The summed E-state index contributed by atoms with van der Waals surface area (Å²) in [6.07, 6.45) is 1.82. The topological polar surface area (TPSA) is 193 Å². The molecule has 2 aromatic heterocycles. The SMILES string of the molecule is CN(C)CC(=O)OCN(COC(=O)CN(C)C)S(=O)(=O)C1(COc2nccc3cc(C(=O)NCc4ccc(C#N)cc4)c(=O)n(C)c23)CC1. The number of amides is 1. The summed E-state index contributed by atoms with van der Waals surface area (Å²) in [5.74, 6) is -1.97. The van der Waals surface area contributed by atoms with Crippen molar-refractivity contribution in [3.05, 3.63) is 69.6 Å². The van der Waals surface area contributed by atoms with E-state index in [9.17, 15) is 27.6 Å². The van der Waals surface area contributed by atoms with E-state index >= 15 is 0 Å². The highest BCUT2D eigenvalue weighted by atomic mass is 32.2. The minimum atomic E-state index is -4.27. The van der Waals surface area contributed by atoms with Gasteiger partial charge in [-0.15, -0.1) is 4.31 Å². The largest absolute Gasteiger partial charge is 0.474 e. The number of pyridine rings is 2. The lowest BCUT2D eigenvalue weighted by Gasteiger charge is -2.27. The highest BCUT2D eigenvalue weighted by Crippen LogP contribution is 2.45. The number of hydrogen-bond donors (Lipinski definition) is 1. The van der Waals surface area contributed by atoms with Gasteiger partial charge in [-0.05, 0) is 70.9 Å². The number of aromatic nitrogens is 2. The van der Waals surface area contributed by atoms with Crippen LogP contribution in [-0.4, -0.2) is 116 Å². The molecule has 4 rings (SSSR count). The van der Waals surface area contributed by atoms with E-state index in [1.807, 2.05) is 6.07 Å². The lowest BCUT2D eigenvalue weighted by molar-refractivity contribution is -0.153. The van der Waals surface area contributed by atoms with E-state index in [0.717, 1.165) is 9.87 Å². The summed E-state index contributed by atoms with van der Waals surface area (Å²) in [6, 6.07) is 11.7. The first-order chi connectivity index (χ1) is 23.2. The van der Waals surface area contributed by atoms with Crippen molar-refractivity contribution in [3.8, 4) is 11.9 Å². The van der Waals surface area contributed by atoms with Gasteiger partial charge in [-0.1, -0.05) is 12.1 Å². The molecular formula is C32H39N7O9S. The summed E-state index contributed by atoms with van der Waals surface area (Å²) in [5, 5.41) is 12.1. The van der Waals surface area contributed by atoms with Crippen molar-refractivity contribution < 1.29 is 37.0 Å². The maximum absolute atomic E-state index is 13.9. The highest BCUT2D eigenvalue weighted by molar-refractivity contribution is 7.90. The predicted molar refractivity (Wildman–Crippen MR) is 177 cm³/mol. The van der Waals surface area contributed by atoms with Crippen LogP contribution in [0.15, 0.2) is 47.4 Å². The molecule has 0 radical (unpaired) electrons. The van der Waals surface area contributed by atoms with Crippen LogP contribution in [0.1, 0.15) is 34.3 Å². The Morgan fingerprint density at radius 1 is 1.00 bits per heavy atom. The quantitative estimate of drug-likeness (QED) is 0.160. The highest BCUT2D eigenvalue weighted by Gasteiger charge is 2.58. The molecule has 49 heavy (non-hydrogen) atoms. The van der Waals surface area contributed by atoms with E-state index in [1.165, 1.54) is 23.9 Å². The third kappa shape index (κ3) is 8.97. The number of carbonyl (C=O) groups excluding carboxylic acids is 3. The van der Waals surface area contributed by atoms with Gasteiger partial charge in [-0.25, -0.2) is 13.4 Å². The Kier molecular flexibility index (Phi) is 11.7. The molecule has 0 atom stereocenters. The van der Waals surface area contributed by atoms with Crippen LogP contribution < -0.4 is 15.6 Å². The number of likely N-dealkylation sites (N-methyl/N-ethyl adjacent to an activating group) is 2. The Balaban J connectivity index is 1.52. The molecule has 3 aromatic rings. The maximum Gasteiger partial charge on any atom is 0.321 e. The van der Waals surface area contributed by atoms with Gasteiger partial charge >= 0.3 is 11.9 Å². The minimum Gasteiger partial charge on any atom is -0.474 e. The molecule has 1 aliphatic rings. The third-order valence-corrected chi connectivity index (χ3v) is 10.2. The Morgan fingerprint density at radius 2 is 1.59 bits per heavy atom. The van der Waals surface area contributed by atoms with Gasteiger partial charge in [0.15, 0.2) is 13.5 Å². The first-order valence-corrected chi connectivity index (χ1v) is 16.6. The monoisotopic (exact) mass is 697 g/mol. The lowest BCUT2D eigenvalue weighted by Crippen LogP contribution is -2.46. The number of rotatable bonds is 16. The number of benzene rings is 1. The number of esters is 2. The zero-order valence-corrected chi connectivity index (χ0v) is 28.8. The van der Waals surface area contributed by atoms with Crippen molar-refractivity contribution in [1.82, 2.24) is 29.0 Å². The Morgan fingerprint density at radius 3 is 2.12 bits per heavy atom. The Labute approximate surface area is 283 Å². The van der Waals surface area contributed by atoms with E-state index in [-0.39, 0.29) is 56.0 Å². The molecule has 0 spiro atoms. The lowest BCUT2D eigenvalue weighted by atomic mass is 10.1. The Hall–Kier alpha value is -4.89. The van der Waals surface area contributed by atoms with Gasteiger partial charge in [0.1, 0.15) is 22.4 Å². The predicted octanol–water partition coefficient (Wildman–Crippen LogP) is 0.403. The number of hydrogen-bond acceptors (Lipinski definition) is 13. The minimum absolute atomic E-state index is 0.0236.